The van der Waals surface area contributed by atoms with Crippen LogP contribution in [0.5, 0.6) is 0 Å². The van der Waals surface area contributed by atoms with Crippen molar-refractivity contribution in [3.8, 4) is 0 Å². The molecule has 2 N–H and O–H groups in total. The molecule has 0 bridgehead atoms. The Bertz CT molecular complexity index is 150. The summed E-state index contributed by atoms with van der Waals surface area (Å²) in [5, 5.41) is 18.1. The molecule has 0 saturated heterocycles. The first kappa shape index (κ1) is 11.2. The van der Waals surface area contributed by atoms with Gasteiger partial charge in [0.25, 0.3) is 0 Å². The Balaban J connectivity index is 3.38. The van der Waals surface area contributed by atoms with Gasteiger partial charge in [0.05, 0.1) is 11.9 Å². The van der Waals surface area contributed by atoms with E-state index in [1.165, 1.54) is 6.08 Å². The molecule has 0 spiro atoms. The predicted molar refractivity (Wildman–Crippen MR) is 51.1 cm³/mol. The second kappa shape index (κ2) is 6.92. The molecule has 0 aromatic heterocycles. The minimum absolute atomic E-state index is 0.401. The Labute approximate surface area is 74.2 Å². The molecule has 1 unspecified atom stereocenters. The van der Waals surface area contributed by atoms with Gasteiger partial charge in [-0.2, -0.15) is 0 Å². The zero-order valence-electron chi connectivity index (χ0n) is 7.66. The summed E-state index contributed by atoms with van der Waals surface area (Å²) in [4.78, 5) is 0. The van der Waals surface area contributed by atoms with Gasteiger partial charge in [-0.3, -0.25) is 0 Å². The summed E-state index contributed by atoms with van der Waals surface area (Å²) in [5.74, 6) is 0.433. The van der Waals surface area contributed by atoms with Gasteiger partial charge in [-0.25, -0.2) is 0 Å². The largest absolute Gasteiger partial charge is 0.513 e. The molecule has 0 saturated carbocycles. The second-order valence-electron chi connectivity index (χ2n) is 2.78. The van der Waals surface area contributed by atoms with E-state index in [9.17, 15) is 0 Å². The van der Waals surface area contributed by atoms with Crippen LogP contribution in [0.1, 0.15) is 32.6 Å². The molecular formula is C10H18O2. The second-order valence-corrected chi connectivity index (χ2v) is 2.78. The average molecular weight is 170 g/mol. The summed E-state index contributed by atoms with van der Waals surface area (Å²) in [6.45, 7) is 5.38. The SMILES string of the molecule is C=CC(O)CCC/C=C(/O)CC. The fourth-order valence-corrected chi connectivity index (χ4v) is 0.858. The zero-order valence-corrected chi connectivity index (χ0v) is 7.66. The highest BCUT2D eigenvalue weighted by molar-refractivity contribution is 4.89. The van der Waals surface area contributed by atoms with Crippen LogP contribution in [-0.4, -0.2) is 16.3 Å². The van der Waals surface area contributed by atoms with Crippen molar-refractivity contribution in [3.05, 3.63) is 24.5 Å². The molecule has 2 heteroatoms. The predicted octanol–water partition coefficient (Wildman–Crippen LogP) is 2.56. The van der Waals surface area contributed by atoms with Gasteiger partial charge in [0.2, 0.25) is 0 Å². The maximum atomic E-state index is 9.08. The summed E-state index contributed by atoms with van der Waals surface area (Å²) in [6, 6.07) is 0. The van der Waals surface area contributed by atoms with E-state index in [2.05, 4.69) is 6.58 Å². The van der Waals surface area contributed by atoms with Crippen LogP contribution in [0.15, 0.2) is 24.5 Å². The molecule has 0 aliphatic rings. The maximum Gasteiger partial charge on any atom is 0.0880 e. The fourth-order valence-electron chi connectivity index (χ4n) is 0.858. The van der Waals surface area contributed by atoms with Crippen molar-refractivity contribution in [2.75, 3.05) is 0 Å². The van der Waals surface area contributed by atoms with Crippen LogP contribution < -0.4 is 0 Å². The smallest absolute Gasteiger partial charge is 0.0880 e. The van der Waals surface area contributed by atoms with Gasteiger partial charge in [-0.15, -0.1) is 6.58 Å². The van der Waals surface area contributed by atoms with E-state index in [0.717, 1.165) is 19.3 Å². The van der Waals surface area contributed by atoms with Crippen LogP contribution >= 0.6 is 0 Å². The summed E-state index contributed by atoms with van der Waals surface area (Å²) in [5.41, 5.74) is 0. The van der Waals surface area contributed by atoms with Crippen LogP contribution in [0.2, 0.25) is 0 Å². The van der Waals surface area contributed by atoms with Crippen LogP contribution in [0.3, 0.4) is 0 Å². The summed E-state index contributed by atoms with van der Waals surface area (Å²) in [6.07, 6.45) is 6.05. The molecule has 1 atom stereocenters. The third-order valence-electron chi connectivity index (χ3n) is 1.72. The monoisotopic (exact) mass is 170 g/mol. The van der Waals surface area contributed by atoms with Crippen molar-refractivity contribution in [2.24, 2.45) is 0 Å². The lowest BCUT2D eigenvalue weighted by Gasteiger charge is -2.02. The lowest BCUT2D eigenvalue weighted by Crippen LogP contribution is -1.99. The first-order valence-electron chi connectivity index (χ1n) is 4.39. The summed E-state index contributed by atoms with van der Waals surface area (Å²) >= 11 is 0. The molecule has 0 heterocycles. The van der Waals surface area contributed by atoms with E-state index >= 15 is 0 Å². The Morgan fingerprint density at radius 1 is 1.58 bits per heavy atom. The van der Waals surface area contributed by atoms with E-state index < -0.39 is 6.10 Å². The number of rotatable bonds is 6. The first-order chi connectivity index (χ1) is 5.70. The Kier molecular flexibility index (Phi) is 6.48. The normalized spacial score (nSPS) is 14.3. The number of aliphatic hydroxyl groups excluding tert-OH is 2. The highest BCUT2D eigenvalue weighted by Gasteiger charge is 1.96. The van der Waals surface area contributed by atoms with Gasteiger partial charge in [-0.1, -0.05) is 13.0 Å². The van der Waals surface area contributed by atoms with Crippen molar-refractivity contribution >= 4 is 0 Å². The molecule has 0 aromatic carbocycles. The molecule has 0 radical (unpaired) electrons. The van der Waals surface area contributed by atoms with Crippen molar-refractivity contribution in [1.82, 2.24) is 0 Å². The van der Waals surface area contributed by atoms with Crippen LogP contribution in [0.4, 0.5) is 0 Å². The maximum absolute atomic E-state index is 9.08. The van der Waals surface area contributed by atoms with Crippen molar-refractivity contribution in [2.45, 2.75) is 38.7 Å². The molecule has 2 nitrogen and oxygen atoms in total. The molecule has 0 aliphatic carbocycles. The zero-order chi connectivity index (χ0) is 9.40. The van der Waals surface area contributed by atoms with E-state index in [1.54, 1.807) is 6.08 Å². The highest BCUT2D eigenvalue weighted by Crippen LogP contribution is 2.05. The number of allylic oxidation sites excluding steroid dienone is 2. The van der Waals surface area contributed by atoms with Crippen LogP contribution in [0.25, 0.3) is 0 Å². The van der Waals surface area contributed by atoms with E-state index in [-0.39, 0.29) is 0 Å². The minimum atomic E-state index is -0.401. The average Bonchev–Trinajstić information content (AvgIpc) is 2.11. The summed E-state index contributed by atoms with van der Waals surface area (Å²) < 4.78 is 0. The quantitative estimate of drug-likeness (QED) is 0.365. The number of hydrogen-bond donors (Lipinski definition) is 2. The third-order valence-corrected chi connectivity index (χ3v) is 1.72. The Hall–Kier alpha value is -0.760. The van der Waals surface area contributed by atoms with E-state index in [4.69, 9.17) is 10.2 Å². The van der Waals surface area contributed by atoms with E-state index in [1.807, 2.05) is 6.92 Å². The standard InChI is InChI=1S/C10H18O2/c1-3-9(11)7-5-6-8-10(12)4-2/h3,8-9,11-12H,1,4-7H2,2H3/b10-8+. The topological polar surface area (TPSA) is 40.5 Å². The molecule has 0 rings (SSSR count). The lowest BCUT2D eigenvalue weighted by atomic mass is 10.1. The molecular weight excluding hydrogens is 152 g/mol. The Morgan fingerprint density at radius 2 is 2.25 bits per heavy atom. The minimum Gasteiger partial charge on any atom is -0.513 e. The van der Waals surface area contributed by atoms with Gasteiger partial charge in [-0.05, 0) is 25.3 Å². The number of aliphatic hydroxyl groups is 2. The first-order valence-corrected chi connectivity index (χ1v) is 4.39. The van der Waals surface area contributed by atoms with Crippen molar-refractivity contribution in [3.63, 3.8) is 0 Å². The molecule has 12 heavy (non-hydrogen) atoms. The van der Waals surface area contributed by atoms with Gasteiger partial charge in [0, 0.05) is 6.42 Å². The molecule has 0 aliphatic heterocycles. The van der Waals surface area contributed by atoms with Crippen LogP contribution in [0, 0.1) is 0 Å². The van der Waals surface area contributed by atoms with Gasteiger partial charge in [0.1, 0.15) is 0 Å². The number of unbranched alkanes of at least 4 members (excludes halogenated alkanes) is 1. The van der Waals surface area contributed by atoms with Gasteiger partial charge >= 0.3 is 0 Å². The van der Waals surface area contributed by atoms with Gasteiger partial charge in [0.15, 0.2) is 0 Å². The molecule has 70 valence electrons. The van der Waals surface area contributed by atoms with Gasteiger partial charge < -0.3 is 10.2 Å². The molecule has 0 amide bonds. The lowest BCUT2D eigenvalue weighted by molar-refractivity contribution is 0.210. The van der Waals surface area contributed by atoms with E-state index in [0.29, 0.717) is 12.2 Å². The van der Waals surface area contributed by atoms with Crippen molar-refractivity contribution < 1.29 is 10.2 Å². The van der Waals surface area contributed by atoms with Crippen LogP contribution in [-0.2, 0) is 0 Å². The molecule has 0 fully saturated rings. The third kappa shape index (κ3) is 5.98. The fraction of sp³-hybridized carbons (Fsp3) is 0.600. The van der Waals surface area contributed by atoms with Crippen molar-refractivity contribution in [1.29, 1.82) is 0 Å². The summed E-state index contributed by atoms with van der Waals surface area (Å²) in [7, 11) is 0. The number of hydrogen-bond acceptors (Lipinski definition) is 2. The Morgan fingerprint density at radius 3 is 2.75 bits per heavy atom. The molecule has 0 aromatic rings. The highest BCUT2D eigenvalue weighted by atomic mass is 16.3.